The summed E-state index contributed by atoms with van der Waals surface area (Å²) >= 11 is 6.46. The summed E-state index contributed by atoms with van der Waals surface area (Å²) < 4.78 is 0. The fourth-order valence-corrected chi connectivity index (χ4v) is 3.81. The molecule has 0 aliphatic carbocycles. The first-order valence-corrected chi connectivity index (χ1v) is 10.3. The van der Waals surface area contributed by atoms with E-state index >= 15 is 0 Å². The number of carbonyl (C=O) groups is 3. The van der Waals surface area contributed by atoms with Gasteiger partial charge in [-0.25, -0.2) is 14.8 Å². The molecule has 1 aliphatic rings. The normalized spacial score (nSPS) is 13.8. The van der Waals surface area contributed by atoms with Crippen LogP contribution in [0.25, 0.3) is 22.2 Å². The largest absolute Gasteiger partial charge is 0.465 e. The van der Waals surface area contributed by atoms with Gasteiger partial charge in [-0.3, -0.25) is 9.59 Å². The van der Waals surface area contributed by atoms with Gasteiger partial charge in [0.25, 0.3) is 5.91 Å². The number of hydrogen-bond donors (Lipinski definition) is 2. The molecule has 2 N–H and O–H groups in total. The first-order valence-electron chi connectivity index (χ1n) is 9.93. The second-order valence-corrected chi connectivity index (χ2v) is 7.80. The van der Waals surface area contributed by atoms with Crippen LogP contribution in [0.5, 0.6) is 0 Å². The molecule has 0 bridgehead atoms. The molecule has 0 radical (unpaired) electrons. The van der Waals surface area contributed by atoms with Gasteiger partial charge in [-0.1, -0.05) is 17.7 Å². The summed E-state index contributed by atoms with van der Waals surface area (Å²) in [4.78, 5) is 47.0. The summed E-state index contributed by atoms with van der Waals surface area (Å²) in [5, 5.41) is 12.9. The van der Waals surface area contributed by atoms with Gasteiger partial charge in [-0.15, -0.1) is 0 Å². The maximum Gasteiger partial charge on any atom is 0.407 e. The molecule has 1 aliphatic heterocycles. The van der Waals surface area contributed by atoms with Crippen molar-refractivity contribution in [1.29, 1.82) is 0 Å². The smallest absolute Gasteiger partial charge is 0.407 e. The number of nitrogens with one attached hydrogen (secondary N) is 1. The van der Waals surface area contributed by atoms with Gasteiger partial charge >= 0.3 is 6.09 Å². The highest BCUT2D eigenvalue weighted by atomic mass is 35.5. The lowest BCUT2D eigenvalue weighted by Gasteiger charge is -2.33. The third kappa shape index (κ3) is 4.47. The van der Waals surface area contributed by atoms with Crippen molar-refractivity contribution in [2.45, 2.75) is 6.92 Å². The summed E-state index contributed by atoms with van der Waals surface area (Å²) in [7, 11) is 0. The molecule has 9 nitrogen and oxygen atoms in total. The van der Waals surface area contributed by atoms with E-state index in [-0.39, 0.29) is 24.9 Å². The van der Waals surface area contributed by atoms with E-state index in [9.17, 15) is 14.4 Å². The van der Waals surface area contributed by atoms with Crippen molar-refractivity contribution in [3.63, 3.8) is 0 Å². The summed E-state index contributed by atoms with van der Waals surface area (Å²) in [6.07, 6.45) is 0.612. The van der Waals surface area contributed by atoms with Crippen LogP contribution in [-0.4, -0.2) is 69.0 Å². The quantitative estimate of drug-likeness (QED) is 0.628. The standard InChI is InChI=1S/C22H20ClN5O4/c1-13(29)25-20-5-3-15(12-24-20)18-11-17(23)16-4-2-14(10-19(16)26-18)21(30)27-6-8-28(9-7-27)22(31)32/h2-5,10-12H,6-9H2,1H3,(H,31,32)(H,24,25,29). The Bertz CT molecular complexity index is 1210. The third-order valence-electron chi connectivity index (χ3n) is 5.21. The fraction of sp³-hybridized carbons (Fsp3) is 0.227. The zero-order chi connectivity index (χ0) is 22.8. The van der Waals surface area contributed by atoms with E-state index in [2.05, 4.69) is 15.3 Å². The molecular formula is C22H20ClN5O4. The predicted molar refractivity (Wildman–Crippen MR) is 120 cm³/mol. The van der Waals surface area contributed by atoms with Crippen molar-refractivity contribution in [1.82, 2.24) is 19.8 Å². The molecule has 0 spiro atoms. The van der Waals surface area contributed by atoms with Gasteiger partial charge in [0.15, 0.2) is 0 Å². The van der Waals surface area contributed by atoms with Gasteiger partial charge in [0, 0.05) is 55.8 Å². The van der Waals surface area contributed by atoms with Gasteiger partial charge in [0.2, 0.25) is 5.91 Å². The van der Waals surface area contributed by atoms with Crippen LogP contribution in [0.1, 0.15) is 17.3 Å². The Morgan fingerprint density at radius 3 is 2.38 bits per heavy atom. The molecule has 2 aromatic heterocycles. The Morgan fingerprint density at radius 2 is 1.75 bits per heavy atom. The lowest BCUT2D eigenvalue weighted by atomic mass is 10.1. The third-order valence-corrected chi connectivity index (χ3v) is 5.52. The Balaban J connectivity index is 1.60. The minimum Gasteiger partial charge on any atom is -0.465 e. The summed E-state index contributed by atoms with van der Waals surface area (Å²) in [6.45, 7) is 2.65. The van der Waals surface area contributed by atoms with Crippen molar-refractivity contribution < 1.29 is 19.5 Å². The number of aromatic nitrogens is 2. The molecule has 3 amide bonds. The fourth-order valence-electron chi connectivity index (χ4n) is 3.55. The topological polar surface area (TPSA) is 116 Å². The molecule has 32 heavy (non-hydrogen) atoms. The van der Waals surface area contributed by atoms with E-state index in [0.29, 0.717) is 51.7 Å². The van der Waals surface area contributed by atoms with Crippen molar-refractivity contribution in [3.8, 4) is 11.3 Å². The second-order valence-electron chi connectivity index (χ2n) is 7.40. The van der Waals surface area contributed by atoms with E-state index in [1.54, 1.807) is 47.5 Å². The highest BCUT2D eigenvalue weighted by Crippen LogP contribution is 2.29. The summed E-state index contributed by atoms with van der Waals surface area (Å²) in [5.74, 6) is 0.0456. The van der Waals surface area contributed by atoms with Crippen molar-refractivity contribution in [3.05, 3.63) is 53.2 Å². The molecule has 4 rings (SSSR count). The Morgan fingerprint density at radius 1 is 1.03 bits per heavy atom. The van der Waals surface area contributed by atoms with Gasteiger partial charge in [0.1, 0.15) is 5.82 Å². The van der Waals surface area contributed by atoms with Crippen LogP contribution in [0, 0.1) is 0 Å². The maximum atomic E-state index is 12.9. The van der Waals surface area contributed by atoms with E-state index in [1.807, 2.05) is 0 Å². The number of anilines is 1. The molecule has 0 atom stereocenters. The minimum absolute atomic E-state index is 0.179. The zero-order valence-corrected chi connectivity index (χ0v) is 18.0. The van der Waals surface area contributed by atoms with Crippen LogP contribution >= 0.6 is 11.6 Å². The molecule has 10 heteroatoms. The minimum atomic E-state index is -0.978. The highest BCUT2D eigenvalue weighted by Gasteiger charge is 2.24. The Labute approximate surface area is 188 Å². The van der Waals surface area contributed by atoms with Crippen LogP contribution in [-0.2, 0) is 4.79 Å². The number of halogens is 1. The van der Waals surface area contributed by atoms with Crippen molar-refractivity contribution >= 4 is 46.2 Å². The first kappa shape index (κ1) is 21.5. The van der Waals surface area contributed by atoms with Gasteiger partial charge in [-0.05, 0) is 30.3 Å². The Kier molecular flexibility index (Phi) is 5.91. The molecule has 3 heterocycles. The van der Waals surface area contributed by atoms with Gasteiger partial charge in [-0.2, -0.15) is 0 Å². The SMILES string of the molecule is CC(=O)Nc1ccc(-c2cc(Cl)c3ccc(C(=O)N4CCN(C(=O)O)CC4)cc3n2)cn1. The van der Waals surface area contributed by atoms with Crippen molar-refractivity contribution in [2.24, 2.45) is 0 Å². The van der Waals surface area contributed by atoms with Gasteiger partial charge < -0.3 is 20.2 Å². The number of rotatable bonds is 3. The molecule has 164 valence electrons. The van der Waals surface area contributed by atoms with Crippen LogP contribution < -0.4 is 5.32 Å². The number of piperazine rings is 1. The van der Waals surface area contributed by atoms with Gasteiger partial charge in [0.05, 0.1) is 16.2 Å². The predicted octanol–water partition coefficient (Wildman–Crippen LogP) is 3.34. The van der Waals surface area contributed by atoms with E-state index < -0.39 is 6.09 Å². The average molecular weight is 454 g/mol. The number of benzene rings is 1. The van der Waals surface area contributed by atoms with E-state index in [4.69, 9.17) is 16.7 Å². The van der Waals surface area contributed by atoms with Crippen LogP contribution in [0.3, 0.4) is 0 Å². The van der Waals surface area contributed by atoms with E-state index in [1.165, 1.54) is 11.8 Å². The Hall–Kier alpha value is -3.72. The number of nitrogens with zero attached hydrogens (tertiary/aromatic N) is 4. The molecule has 3 aromatic rings. The molecule has 1 fully saturated rings. The molecule has 0 saturated carbocycles. The van der Waals surface area contributed by atoms with Crippen LogP contribution in [0.4, 0.5) is 10.6 Å². The number of pyridine rings is 2. The molecular weight excluding hydrogens is 434 g/mol. The summed E-state index contributed by atoms with van der Waals surface area (Å²) in [5.41, 5.74) is 2.32. The maximum absolute atomic E-state index is 12.9. The monoisotopic (exact) mass is 453 g/mol. The number of carbonyl (C=O) groups excluding carboxylic acids is 2. The lowest BCUT2D eigenvalue weighted by Crippen LogP contribution is -2.50. The average Bonchev–Trinajstić information content (AvgIpc) is 2.78. The molecule has 0 unspecified atom stereocenters. The number of carboxylic acid groups (broad SMARTS) is 1. The van der Waals surface area contributed by atoms with Crippen molar-refractivity contribution in [2.75, 3.05) is 31.5 Å². The number of amides is 3. The molecule has 1 saturated heterocycles. The van der Waals surface area contributed by atoms with Crippen LogP contribution in [0.15, 0.2) is 42.6 Å². The summed E-state index contributed by atoms with van der Waals surface area (Å²) in [6, 6.07) is 10.3. The molecule has 1 aromatic carbocycles. The number of hydrogen-bond acceptors (Lipinski definition) is 5. The van der Waals surface area contributed by atoms with E-state index in [0.717, 1.165) is 0 Å². The first-order chi connectivity index (χ1) is 15.3. The number of fused-ring (bicyclic) bond motifs is 1. The lowest BCUT2D eigenvalue weighted by molar-refractivity contribution is -0.114. The highest BCUT2D eigenvalue weighted by molar-refractivity contribution is 6.35. The second kappa shape index (κ2) is 8.80. The van der Waals surface area contributed by atoms with Crippen LogP contribution in [0.2, 0.25) is 5.02 Å². The zero-order valence-electron chi connectivity index (χ0n) is 17.2.